The van der Waals surface area contributed by atoms with Crippen LogP contribution in [0, 0.1) is 5.41 Å². The molecule has 0 aliphatic carbocycles. The predicted molar refractivity (Wildman–Crippen MR) is 74.6 cm³/mol. The van der Waals surface area contributed by atoms with Crippen LogP contribution in [0.3, 0.4) is 0 Å². The van der Waals surface area contributed by atoms with Crippen LogP contribution in [0.25, 0.3) is 0 Å². The molecular weight excluding hydrogens is 230 g/mol. The van der Waals surface area contributed by atoms with Gasteiger partial charge in [-0.15, -0.1) is 11.3 Å². The van der Waals surface area contributed by atoms with E-state index in [1.54, 1.807) is 11.3 Å². The fourth-order valence-electron chi connectivity index (χ4n) is 1.93. The molecule has 1 aromatic rings. The second kappa shape index (κ2) is 5.49. The molecule has 0 spiro atoms. The molecule has 0 aromatic carbocycles. The molecule has 0 saturated carbocycles. The first-order valence-corrected chi connectivity index (χ1v) is 7.24. The minimum absolute atomic E-state index is 0.0121. The molecule has 1 rings (SSSR count). The van der Waals surface area contributed by atoms with E-state index in [2.05, 4.69) is 40.0 Å². The quantitative estimate of drug-likeness (QED) is 0.868. The second-order valence-electron chi connectivity index (χ2n) is 6.27. The lowest BCUT2D eigenvalue weighted by molar-refractivity contribution is 0.131. The molecule has 0 aliphatic rings. The summed E-state index contributed by atoms with van der Waals surface area (Å²) in [5.41, 5.74) is 1.27. The van der Waals surface area contributed by atoms with Gasteiger partial charge >= 0.3 is 0 Å². The zero-order valence-electron chi connectivity index (χ0n) is 11.7. The van der Waals surface area contributed by atoms with Crippen LogP contribution >= 0.6 is 11.3 Å². The van der Waals surface area contributed by atoms with Crippen molar-refractivity contribution in [3.63, 3.8) is 0 Å². The molecule has 98 valence electrons. The van der Waals surface area contributed by atoms with Crippen LogP contribution in [0.1, 0.15) is 58.2 Å². The van der Waals surface area contributed by atoms with Gasteiger partial charge in [0.15, 0.2) is 0 Å². The normalized spacial score (nSPS) is 15.9. The van der Waals surface area contributed by atoms with E-state index < -0.39 is 0 Å². The van der Waals surface area contributed by atoms with Gasteiger partial charge in [-0.3, -0.25) is 0 Å². The summed E-state index contributed by atoms with van der Waals surface area (Å²) in [6.45, 7) is 11.1. The number of hydrogen-bond donors (Lipinski definition) is 1. The highest BCUT2D eigenvalue weighted by Crippen LogP contribution is 2.31. The molecule has 1 atom stereocenters. The van der Waals surface area contributed by atoms with Gasteiger partial charge in [0.25, 0.3) is 0 Å². The van der Waals surface area contributed by atoms with Crippen molar-refractivity contribution < 1.29 is 5.11 Å². The summed E-state index contributed by atoms with van der Waals surface area (Å²) in [7, 11) is 0. The maximum absolute atomic E-state index is 9.52. The summed E-state index contributed by atoms with van der Waals surface area (Å²) in [5.74, 6) is 0. The van der Waals surface area contributed by atoms with E-state index in [0.29, 0.717) is 0 Å². The van der Waals surface area contributed by atoms with Gasteiger partial charge in [-0.1, -0.05) is 41.0 Å². The van der Waals surface area contributed by atoms with Crippen molar-refractivity contribution >= 4 is 11.3 Å². The van der Waals surface area contributed by atoms with E-state index in [0.717, 1.165) is 30.0 Å². The van der Waals surface area contributed by atoms with Crippen LogP contribution in [0.4, 0.5) is 0 Å². The molecular formula is C14H25NOS. The van der Waals surface area contributed by atoms with Crippen molar-refractivity contribution in [2.75, 3.05) is 6.61 Å². The van der Waals surface area contributed by atoms with Gasteiger partial charge in [0.05, 0.1) is 10.7 Å². The van der Waals surface area contributed by atoms with Crippen molar-refractivity contribution in [1.82, 2.24) is 4.98 Å². The number of aliphatic hydroxyl groups is 1. The van der Waals surface area contributed by atoms with Crippen molar-refractivity contribution in [3.8, 4) is 0 Å². The molecule has 0 bridgehead atoms. The number of aromatic nitrogens is 1. The van der Waals surface area contributed by atoms with Gasteiger partial charge in [0.2, 0.25) is 0 Å². The number of thiazole rings is 1. The van der Waals surface area contributed by atoms with E-state index in [9.17, 15) is 5.11 Å². The van der Waals surface area contributed by atoms with Gasteiger partial charge in [-0.2, -0.15) is 0 Å². The monoisotopic (exact) mass is 255 g/mol. The summed E-state index contributed by atoms with van der Waals surface area (Å²) < 4.78 is 0. The SMILES string of the molecule is CCCC(C)(CO)Cc1nc(C(C)(C)C)cs1. The van der Waals surface area contributed by atoms with E-state index in [1.165, 1.54) is 0 Å². The van der Waals surface area contributed by atoms with Gasteiger partial charge in [-0.05, 0) is 11.8 Å². The lowest BCUT2D eigenvalue weighted by Gasteiger charge is -2.25. The van der Waals surface area contributed by atoms with E-state index in [-0.39, 0.29) is 17.4 Å². The Kier molecular flexibility index (Phi) is 4.73. The summed E-state index contributed by atoms with van der Waals surface area (Å²) >= 11 is 1.72. The van der Waals surface area contributed by atoms with Gasteiger partial charge in [-0.25, -0.2) is 4.98 Å². The van der Waals surface area contributed by atoms with Crippen molar-refractivity contribution in [3.05, 3.63) is 16.1 Å². The highest BCUT2D eigenvalue weighted by molar-refractivity contribution is 7.09. The summed E-state index contributed by atoms with van der Waals surface area (Å²) in [6.07, 6.45) is 3.04. The molecule has 0 amide bonds. The van der Waals surface area contributed by atoms with Crippen molar-refractivity contribution in [2.45, 2.75) is 59.3 Å². The zero-order chi connectivity index (χ0) is 13.1. The first-order valence-electron chi connectivity index (χ1n) is 6.36. The van der Waals surface area contributed by atoms with Crippen LogP contribution in [0.2, 0.25) is 0 Å². The van der Waals surface area contributed by atoms with E-state index >= 15 is 0 Å². The van der Waals surface area contributed by atoms with Crippen molar-refractivity contribution in [1.29, 1.82) is 0 Å². The van der Waals surface area contributed by atoms with Crippen LogP contribution in [0.5, 0.6) is 0 Å². The van der Waals surface area contributed by atoms with E-state index in [4.69, 9.17) is 4.98 Å². The molecule has 1 heterocycles. The molecule has 0 aliphatic heterocycles. The van der Waals surface area contributed by atoms with Gasteiger partial charge in [0.1, 0.15) is 0 Å². The number of aliphatic hydroxyl groups excluding tert-OH is 1. The standard InChI is InChI=1S/C14H25NOS/c1-6-7-14(5,10-16)8-12-15-11(9-17-12)13(2,3)4/h9,16H,6-8,10H2,1-5H3. The Bertz CT molecular complexity index is 353. The zero-order valence-corrected chi connectivity index (χ0v) is 12.5. The fraction of sp³-hybridized carbons (Fsp3) is 0.786. The Hall–Kier alpha value is -0.410. The summed E-state index contributed by atoms with van der Waals surface area (Å²) in [4.78, 5) is 4.70. The van der Waals surface area contributed by atoms with Crippen molar-refractivity contribution in [2.24, 2.45) is 5.41 Å². The molecule has 1 N–H and O–H groups in total. The largest absolute Gasteiger partial charge is 0.396 e. The first-order chi connectivity index (χ1) is 7.80. The molecule has 1 aromatic heterocycles. The molecule has 0 fully saturated rings. The Morgan fingerprint density at radius 1 is 1.29 bits per heavy atom. The molecule has 1 unspecified atom stereocenters. The number of nitrogens with zero attached hydrogens (tertiary/aromatic N) is 1. The van der Waals surface area contributed by atoms with Gasteiger partial charge in [0, 0.05) is 23.8 Å². The number of hydrogen-bond acceptors (Lipinski definition) is 3. The van der Waals surface area contributed by atoms with Gasteiger partial charge < -0.3 is 5.11 Å². The van der Waals surface area contributed by atoms with Crippen LogP contribution in [-0.2, 0) is 11.8 Å². The average Bonchev–Trinajstić information content (AvgIpc) is 2.66. The average molecular weight is 255 g/mol. The maximum atomic E-state index is 9.52. The molecule has 0 saturated heterocycles. The third kappa shape index (κ3) is 4.07. The molecule has 17 heavy (non-hydrogen) atoms. The van der Waals surface area contributed by atoms with Crippen LogP contribution in [0.15, 0.2) is 5.38 Å². The minimum atomic E-state index is -0.0121. The smallest absolute Gasteiger partial charge is 0.0934 e. The second-order valence-corrected chi connectivity index (χ2v) is 7.21. The molecule has 2 nitrogen and oxygen atoms in total. The predicted octanol–water partition coefficient (Wildman–Crippen LogP) is 3.78. The summed E-state index contributed by atoms with van der Waals surface area (Å²) in [5, 5.41) is 12.8. The Morgan fingerprint density at radius 3 is 2.35 bits per heavy atom. The van der Waals surface area contributed by atoms with Crippen LogP contribution < -0.4 is 0 Å². The maximum Gasteiger partial charge on any atom is 0.0934 e. The Morgan fingerprint density at radius 2 is 1.94 bits per heavy atom. The lowest BCUT2D eigenvalue weighted by atomic mass is 9.83. The lowest BCUT2D eigenvalue weighted by Crippen LogP contribution is -2.24. The minimum Gasteiger partial charge on any atom is -0.396 e. The first kappa shape index (κ1) is 14.7. The third-order valence-corrected chi connectivity index (χ3v) is 3.98. The van der Waals surface area contributed by atoms with E-state index in [1.807, 2.05) is 0 Å². The Labute approximate surface area is 109 Å². The highest BCUT2D eigenvalue weighted by Gasteiger charge is 2.25. The Balaban J connectivity index is 2.78. The highest BCUT2D eigenvalue weighted by atomic mass is 32.1. The topological polar surface area (TPSA) is 33.1 Å². The third-order valence-electron chi connectivity index (χ3n) is 3.13. The number of rotatable bonds is 5. The van der Waals surface area contributed by atoms with Crippen LogP contribution in [-0.4, -0.2) is 16.7 Å². The molecule has 3 heteroatoms. The summed E-state index contributed by atoms with van der Waals surface area (Å²) in [6, 6.07) is 0. The fourth-order valence-corrected chi connectivity index (χ4v) is 3.17. The molecule has 0 radical (unpaired) electrons.